The SMILES string of the molecule is NCCC(O)[C@H](O)[C@H](O)C(=O)O. The number of carbonyl (C=O) groups is 1. The Bertz CT molecular complexity index is 151. The van der Waals surface area contributed by atoms with E-state index in [1.165, 1.54) is 0 Å². The van der Waals surface area contributed by atoms with Gasteiger partial charge < -0.3 is 26.2 Å². The number of aliphatic carboxylic acids is 1. The second kappa shape index (κ2) is 5.04. The quantitative estimate of drug-likeness (QED) is 0.318. The lowest BCUT2D eigenvalue weighted by Crippen LogP contribution is -2.42. The minimum Gasteiger partial charge on any atom is -0.479 e. The van der Waals surface area contributed by atoms with Gasteiger partial charge in [-0.3, -0.25) is 0 Å². The molecule has 0 heterocycles. The summed E-state index contributed by atoms with van der Waals surface area (Å²) in [6.45, 7) is 0.116. The maximum atomic E-state index is 10.1. The largest absolute Gasteiger partial charge is 0.479 e. The van der Waals surface area contributed by atoms with Gasteiger partial charge in [-0.05, 0) is 13.0 Å². The van der Waals surface area contributed by atoms with Crippen molar-refractivity contribution in [3.8, 4) is 0 Å². The van der Waals surface area contributed by atoms with Gasteiger partial charge in [0.15, 0.2) is 6.10 Å². The zero-order valence-corrected chi connectivity index (χ0v) is 6.42. The molecule has 6 N–H and O–H groups in total. The molecular formula is C6H13NO5. The molecule has 0 bridgehead atoms. The van der Waals surface area contributed by atoms with Crippen LogP contribution in [0.4, 0.5) is 0 Å². The summed E-state index contributed by atoms with van der Waals surface area (Å²) >= 11 is 0. The summed E-state index contributed by atoms with van der Waals surface area (Å²) in [6.07, 6.45) is -4.91. The third kappa shape index (κ3) is 3.14. The first-order valence-corrected chi connectivity index (χ1v) is 3.47. The summed E-state index contributed by atoms with van der Waals surface area (Å²) in [5.74, 6) is -1.57. The van der Waals surface area contributed by atoms with Crippen LogP contribution in [0.1, 0.15) is 6.42 Å². The van der Waals surface area contributed by atoms with Gasteiger partial charge >= 0.3 is 5.97 Å². The van der Waals surface area contributed by atoms with E-state index < -0.39 is 24.3 Å². The smallest absolute Gasteiger partial charge is 0.335 e. The molecule has 0 aliphatic rings. The van der Waals surface area contributed by atoms with Gasteiger partial charge in [-0.2, -0.15) is 0 Å². The molecule has 0 rings (SSSR count). The van der Waals surface area contributed by atoms with Gasteiger partial charge in [0.2, 0.25) is 0 Å². The average molecular weight is 179 g/mol. The Morgan fingerprint density at radius 1 is 1.33 bits per heavy atom. The maximum absolute atomic E-state index is 10.1. The van der Waals surface area contributed by atoms with Crippen LogP contribution >= 0.6 is 0 Å². The van der Waals surface area contributed by atoms with Gasteiger partial charge in [0.05, 0.1) is 6.10 Å². The molecule has 0 saturated heterocycles. The highest BCUT2D eigenvalue weighted by molar-refractivity contribution is 5.72. The highest BCUT2D eigenvalue weighted by Crippen LogP contribution is 2.03. The first-order chi connectivity index (χ1) is 5.50. The first-order valence-electron chi connectivity index (χ1n) is 3.47. The number of hydrogen-bond donors (Lipinski definition) is 5. The van der Waals surface area contributed by atoms with Gasteiger partial charge in [0.1, 0.15) is 6.10 Å². The number of carboxylic acid groups (broad SMARTS) is 1. The normalized spacial score (nSPS) is 18.3. The van der Waals surface area contributed by atoms with E-state index in [-0.39, 0.29) is 13.0 Å². The van der Waals surface area contributed by atoms with Crippen LogP contribution in [0.3, 0.4) is 0 Å². The van der Waals surface area contributed by atoms with E-state index in [4.69, 9.17) is 26.2 Å². The number of aliphatic hydroxyl groups is 3. The second-order valence-electron chi connectivity index (χ2n) is 2.42. The summed E-state index contributed by atoms with van der Waals surface area (Å²) in [5.41, 5.74) is 5.04. The third-order valence-electron chi connectivity index (χ3n) is 1.43. The Morgan fingerprint density at radius 3 is 2.17 bits per heavy atom. The molecule has 72 valence electrons. The van der Waals surface area contributed by atoms with Crippen LogP contribution in [0.25, 0.3) is 0 Å². The number of carboxylic acids is 1. The third-order valence-corrected chi connectivity index (χ3v) is 1.43. The fourth-order valence-corrected chi connectivity index (χ4v) is 0.698. The van der Waals surface area contributed by atoms with Crippen LogP contribution in [0.15, 0.2) is 0 Å². The lowest BCUT2D eigenvalue weighted by Gasteiger charge is -2.19. The molecule has 0 fully saturated rings. The Kier molecular flexibility index (Phi) is 4.75. The van der Waals surface area contributed by atoms with Crippen molar-refractivity contribution in [1.82, 2.24) is 0 Å². The molecule has 1 unspecified atom stereocenters. The molecule has 3 atom stereocenters. The van der Waals surface area contributed by atoms with Gasteiger partial charge in [0, 0.05) is 0 Å². The first kappa shape index (κ1) is 11.3. The molecule has 0 aromatic carbocycles. The monoisotopic (exact) mass is 179 g/mol. The van der Waals surface area contributed by atoms with E-state index in [1.807, 2.05) is 0 Å². The van der Waals surface area contributed by atoms with Gasteiger partial charge in [-0.1, -0.05) is 0 Å². The molecule has 0 saturated carbocycles. The van der Waals surface area contributed by atoms with Crippen LogP contribution in [0.2, 0.25) is 0 Å². The molecule has 0 aliphatic carbocycles. The minimum atomic E-state index is -1.97. The van der Waals surface area contributed by atoms with Crippen molar-refractivity contribution in [2.24, 2.45) is 5.73 Å². The Labute approximate surface area is 69.2 Å². The fraction of sp³-hybridized carbons (Fsp3) is 0.833. The predicted molar refractivity (Wildman–Crippen MR) is 39.3 cm³/mol. The number of nitrogens with two attached hydrogens (primary N) is 1. The predicted octanol–water partition coefficient (Wildman–Crippen LogP) is -2.50. The van der Waals surface area contributed by atoms with Crippen molar-refractivity contribution in [2.75, 3.05) is 6.54 Å². The van der Waals surface area contributed by atoms with Crippen LogP contribution < -0.4 is 5.73 Å². The molecule has 0 aliphatic heterocycles. The van der Waals surface area contributed by atoms with E-state index in [2.05, 4.69) is 0 Å². The summed E-state index contributed by atoms with van der Waals surface area (Å²) in [7, 11) is 0. The number of aliphatic hydroxyl groups excluding tert-OH is 3. The van der Waals surface area contributed by atoms with Crippen molar-refractivity contribution in [2.45, 2.75) is 24.7 Å². The second-order valence-corrected chi connectivity index (χ2v) is 2.42. The van der Waals surface area contributed by atoms with Crippen LogP contribution in [0.5, 0.6) is 0 Å². The van der Waals surface area contributed by atoms with Gasteiger partial charge in [-0.25, -0.2) is 4.79 Å². The summed E-state index contributed by atoms with van der Waals surface area (Å²) in [6, 6.07) is 0. The maximum Gasteiger partial charge on any atom is 0.335 e. The zero-order valence-electron chi connectivity index (χ0n) is 6.42. The topological polar surface area (TPSA) is 124 Å². The highest BCUT2D eigenvalue weighted by Gasteiger charge is 2.29. The molecule has 6 heteroatoms. The summed E-state index contributed by atoms with van der Waals surface area (Å²) in [5, 5.41) is 34.9. The summed E-state index contributed by atoms with van der Waals surface area (Å²) < 4.78 is 0. The minimum absolute atomic E-state index is 0.0471. The molecule has 0 aromatic rings. The van der Waals surface area contributed by atoms with Crippen molar-refractivity contribution in [1.29, 1.82) is 0 Å². The number of rotatable bonds is 5. The van der Waals surface area contributed by atoms with Crippen LogP contribution in [-0.2, 0) is 4.79 Å². The highest BCUT2D eigenvalue weighted by atomic mass is 16.4. The van der Waals surface area contributed by atoms with Crippen LogP contribution in [-0.4, -0.2) is 51.3 Å². The van der Waals surface area contributed by atoms with E-state index in [1.54, 1.807) is 0 Å². The van der Waals surface area contributed by atoms with Crippen molar-refractivity contribution >= 4 is 5.97 Å². The molecule has 12 heavy (non-hydrogen) atoms. The molecule has 0 amide bonds. The van der Waals surface area contributed by atoms with Crippen molar-refractivity contribution < 1.29 is 25.2 Å². The molecular weight excluding hydrogens is 166 g/mol. The molecule has 0 aromatic heterocycles. The lowest BCUT2D eigenvalue weighted by atomic mass is 10.1. The average Bonchev–Trinajstić information content (AvgIpc) is 2.02. The van der Waals surface area contributed by atoms with Crippen molar-refractivity contribution in [3.05, 3.63) is 0 Å². The molecule has 0 spiro atoms. The van der Waals surface area contributed by atoms with Gasteiger partial charge in [-0.15, -0.1) is 0 Å². The summed E-state index contributed by atoms with van der Waals surface area (Å²) in [4.78, 5) is 10.1. The molecule has 0 radical (unpaired) electrons. The standard InChI is InChI=1S/C6H13NO5/c7-2-1-3(8)4(9)5(10)6(11)12/h3-5,8-10H,1-2,7H2,(H,11,12)/t3?,4-,5-/m0/s1. The van der Waals surface area contributed by atoms with Gasteiger partial charge in [0.25, 0.3) is 0 Å². The number of hydrogen-bond acceptors (Lipinski definition) is 5. The fourth-order valence-electron chi connectivity index (χ4n) is 0.698. The van der Waals surface area contributed by atoms with E-state index in [0.717, 1.165) is 0 Å². The van der Waals surface area contributed by atoms with E-state index in [9.17, 15) is 4.79 Å². The van der Waals surface area contributed by atoms with Crippen molar-refractivity contribution in [3.63, 3.8) is 0 Å². The Hall–Kier alpha value is -0.690. The Morgan fingerprint density at radius 2 is 1.83 bits per heavy atom. The Balaban J connectivity index is 3.99. The van der Waals surface area contributed by atoms with E-state index in [0.29, 0.717) is 0 Å². The van der Waals surface area contributed by atoms with Crippen LogP contribution in [0, 0.1) is 0 Å². The lowest BCUT2D eigenvalue weighted by molar-refractivity contribution is -0.158. The molecule has 6 nitrogen and oxygen atoms in total. The van der Waals surface area contributed by atoms with E-state index >= 15 is 0 Å². The zero-order chi connectivity index (χ0) is 9.72.